The lowest BCUT2D eigenvalue weighted by Gasteiger charge is -2.37. The minimum absolute atomic E-state index is 0.0189. The molecule has 0 saturated heterocycles. The molecule has 0 radical (unpaired) electrons. The first kappa shape index (κ1) is 26.8. The summed E-state index contributed by atoms with van der Waals surface area (Å²) in [6.07, 6.45) is -1.00. The van der Waals surface area contributed by atoms with Gasteiger partial charge in [0.2, 0.25) is 5.88 Å². The maximum absolute atomic E-state index is 12.7. The number of carbonyl (C=O) groups excluding carboxylic acids is 2. The van der Waals surface area contributed by atoms with Crippen molar-refractivity contribution in [2.45, 2.75) is 57.3 Å². The largest absolute Gasteiger partial charge is 0.493 e. The van der Waals surface area contributed by atoms with Crippen molar-refractivity contribution in [1.29, 1.82) is 0 Å². The minimum Gasteiger partial charge on any atom is -0.493 e. The van der Waals surface area contributed by atoms with Gasteiger partial charge in [-0.3, -0.25) is 9.59 Å². The predicted octanol–water partition coefficient (Wildman–Crippen LogP) is 5.03. The maximum atomic E-state index is 12.7. The van der Waals surface area contributed by atoms with Crippen molar-refractivity contribution in [3.8, 4) is 11.6 Å². The van der Waals surface area contributed by atoms with E-state index in [1.165, 1.54) is 18.3 Å². The number of halogens is 4. The highest BCUT2D eigenvalue weighted by Crippen LogP contribution is 2.34. The molecule has 2 aromatic rings. The number of carbonyl (C=O) groups is 2. The second kappa shape index (κ2) is 11.7. The molecule has 0 spiro atoms. The Labute approximate surface area is 209 Å². The smallest absolute Gasteiger partial charge is 0.392 e. The summed E-state index contributed by atoms with van der Waals surface area (Å²) in [5, 5.41) is 2.95. The van der Waals surface area contributed by atoms with Crippen molar-refractivity contribution < 1.29 is 32.2 Å². The third-order valence-electron chi connectivity index (χ3n) is 5.73. The molecule has 3 N–H and O–H groups in total. The molecule has 1 heterocycles. The number of hydrogen-bond donors (Lipinski definition) is 2. The van der Waals surface area contributed by atoms with Gasteiger partial charge in [-0.1, -0.05) is 22.9 Å². The van der Waals surface area contributed by atoms with E-state index in [9.17, 15) is 22.8 Å². The number of pyridine rings is 1. The summed E-state index contributed by atoms with van der Waals surface area (Å²) >= 11 is 3.27. The minimum atomic E-state index is -4.31. The Kier molecular flexibility index (Phi) is 8.98. The van der Waals surface area contributed by atoms with Crippen LogP contribution in [-0.4, -0.2) is 41.7 Å². The zero-order valence-electron chi connectivity index (χ0n) is 19.1. The second-order valence-corrected chi connectivity index (χ2v) is 9.42. The van der Waals surface area contributed by atoms with E-state index in [0.717, 1.165) is 25.7 Å². The second-order valence-electron chi connectivity index (χ2n) is 8.50. The predicted molar refractivity (Wildman–Crippen MR) is 126 cm³/mol. The van der Waals surface area contributed by atoms with Crippen LogP contribution in [0.25, 0.3) is 0 Å². The van der Waals surface area contributed by atoms with Crippen LogP contribution < -0.4 is 20.5 Å². The van der Waals surface area contributed by atoms with Crippen molar-refractivity contribution in [3.05, 3.63) is 52.1 Å². The molecule has 11 heteroatoms. The van der Waals surface area contributed by atoms with Crippen LogP contribution in [0.15, 0.2) is 41.0 Å². The van der Waals surface area contributed by atoms with Crippen LogP contribution >= 0.6 is 15.9 Å². The molecule has 7 nitrogen and oxygen atoms in total. The van der Waals surface area contributed by atoms with E-state index in [1.807, 2.05) is 6.92 Å². The number of amides is 2. The van der Waals surface area contributed by atoms with Crippen LogP contribution in [-0.2, 0) is 0 Å². The highest BCUT2D eigenvalue weighted by atomic mass is 79.9. The third-order valence-corrected chi connectivity index (χ3v) is 6.18. The average Bonchev–Trinajstić information content (AvgIpc) is 2.75. The van der Waals surface area contributed by atoms with Crippen LogP contribution in [0.5, 0.6) is 11.6 Å². The number of primary amides is 1. The van der Waals surface area contributed by atoms with Crippen LogP contribution in [0.2, 0.25) is 0 Å². The molecule has 1 atom stereocenters. The summed E-state index contributed by atoms with van der Waals surface area (Å²) in [5.74, 6) is -0.184. The van der Waals surface area contributed by atoms with Crippen molar-refractivity contribution >= 4 is 27.7 Å². The lowest BCUT2D eigenvalue weighted by molar-refractivity contribution is -0.139. The van der Waals surface area contributed by atoms with Gasteiger partial charge < -0.3 is 20.5 Å². The monoisotopic (exact) mass is 557 g/mol. The van der Waals surface area contributed by atoms with Gasteiger partial charge in [0.05, 0.1) is 13.0 Å². The van der Waals surface area contributed by atoms with Gasteiger partial charge in [-0.15, -0.1) is 0 Å². The molecule has 2 amide bonds. The summed E-state index contributed by atoms with van der Waals surface area (Å²) in [5.41, 5.74) is 5.92. The number of alkyl halides is 3. The number of hydrogen-bond acceptors (Lipinski definition) is 5. The number of nitrogens with two attached hydrogens (primary N) is 1. The Bertz CT molecular complexity index is 1040. The van der Waals surface area contributed by atoms with Crippen molar-refractivity contribution in [2.24, 2.45) is 11.7 Å². The molecule has 1 saturated carbocycles. The Morgan fingerprint density at radius 2 is 2.03 bits per heavy atom. The van der Waals surface area contributed by atoms with Gasteiger partial charge >= 0.3 is 6.18 Å². The normalized spacial score (nSPS) is 18.3. The summed E-state index contributed by atoms with van der Waals surface area (Å²) in [7, 11) is 0. The van der Waals surface area contributed by atoms with Crippen LogP contribution in [0.1, 0.15) is 59.7 Å². The Morgan fingerprint density at radius 3 is 2.69 bits per heavy atom. The molecule has 0 aliphatic heterocycles. The highest BCUT2D eigenvalue weighted by Gasteiger charge is 2.33. The molecule has 1 aromatic carbocycles. The van der Waals surface area contributed by atoms with E-state index in [2.05, 4.69) is 26.2 Å². The molecule has 1 unspecified atom stereocenters. The van der Waals surface area contributed by atoms with Crippen LogP contribution in [0.4, 0.5) is 13.2 Å². The Morgan fingerprint density at radius 1 is 1.29 bits per heavy atom. The van der Waals surface area contributed by atoms with Gasteiger partial charge in [0.25, 0.3) is 11.8 Å². The molecule has 0 bridgehead atoms. The standard InChI is InChI=1S/C24H27BrF3N3O4/c1-2-18(35-23-20(21(29)32)4-3-6-30-23)10-14-8-17(9-14)31-22(33)15-11-16(25)13-19(12-15)34-7-5-24(26,27)28/h3-4,6,11-14,17-18H,2,5,7-10H2,1H3,(H2,29,32)(H,31,33). The molecule has 1 aliphatic carbocycles. The summed E-state index contributed by atoms with van der Waals surface area (Å²) < 4.78 is 48.7. The number of nitrogens with one attached hydrogen (secondary N) is 1. The first-order valence-electron chi connectivity index (χ1n) is 11.3. The van der Waals surface area contributed by atoms with Crippen molar-refractivity contribution in [1.82, 2.24) is 10.3 Å². The van der Waals surface area contributed by atoms with Gasteiger partial charge in [0.1, 0.15) is 17.4 Å². The summed E-state index contributed by atoms with van der Waals surface area (Å²) in [6, 6.07) is 7.71. The summed E-state index contributed by atoms with van der Waals surface area (Å²) in [4.78, 5) is 28.4. The summed E-state index contributed by atoms with van der Waals surface area (Å²) in [6.45, 7) is 1.46. The van der Waals surface area contributed by atoms with Crippen molar-refractivity contribution in [2.75, 3.05) is 6.61 Å². The Hall–Kier alpha value is -2.82. The fourth-order valence-corrected chi connectivity index (χ4v) is 4.35. The first-order valence-corrected chi connectivity index (χ1v) is 12.1. The van der Waals surface area contributed by atoms with E-state index < -0.39 is 25.1 Å². The lowest BCUT2D eigenvalue weighted by Crippen LogP contribution is -2.45. The molecule has 35 heavy (non-hydrogen) atoms. The van der Waals surface area contributed by atoms with E-state index >= 15 is 0 Å². The van der Waals surface area contributed by atoms with Gasteiger partial charge in [-0.05, 0) is 61.9 Å². The van der Waals surface area contributed by atoms with Gasteiger partial charge in [-0.2, -0.15) is 13.2 Å². The fraction of sp³-hybridized carbons (Fsp3) is 0.458. The topological polar surface area (TPSA) is 104 Å². The van der Waals surface area contributed by atoms with Gasteiger partial charge in [0.15, 0.2) is 0 Å². The van der Waals surface area contributed by atoms with Gasteiger partial charge in [-0.25, -0.2) is 4.98 Å². The molecule has 1 aromatic heterocycles. The Balaban J connectivity index is 1.49. The van der Waals surface area contributed by atoms with E-state index in [4.69, 9.17) is 15.2 Å². The van der Waals surface area contributed by atoms with Crippen LogP contribution in [0, 0.1) is 5.92 Å². The molecule has 1 aliphatic rings. The van der Waals surface area contributed by atoms with Crippen molar-refractivity contribution in [3.63, 3.8) is 0 Å². The SMILES string of the molecule is CCC(CC1CC(NC(=O)c2cc(Br)cc(OCCC(F)(F)F)c2)C1)Oc1ncccc1C(N)=O. The zero-order chi connectivity index (χ0) is 25.6. The zero-order valence-corrected chi connectivity index (χ0v) is 20.7. The maximum Gasteiger partial charge on any atom is 0.392 e. The molecular weight excluding hydrogens is 531 g/mol. The lowest BCUT2D eigenvalue weighted by atomic mass is 9.76. The number of rotatable bonds is 11. The third kappa shape index (κ3) is 8.12. The quantitative estimate of drug-likeness (QED) is 0.403. The molecule has 190 valence electrons. The fourth-order valence-electron chi connectivity index (χ4n) is 3.88. The molecule has 1 fully saturated rings. The molecule has 3 rings (SSSR count). The molecular formula is C24H27BrF3N3O4. The van der Waals surface area contributed by atoms with E-state index in [1.54, 1.807) is 18.2 Å². The first-order chi connectivity index (χ1) is 16.5. The number of nitrogens with zero attached hydrogens (tertiary/aromatic N) is 1. The van der Waals surface area contributed by atoms with E-state index in [-0.39, 0.29) is 35.2 Å². The van der Waals surface area contributed by atoms with E-state index in [0.29, 0.717) is 16.0 Å². The highest BCUT2D eigenvalue weighted by molar-refractivity contribution is 9.10. The number of benzene rings is 1. The number of aromatic nitrogens is 1. The number of ether oxygens (including phenoxy) is 2. The van der Waals surface area contributed by atoms with Gasteiger partial charge in [0, 0.05) is 22.3 Å². The average molecular weight is 558 g/mol. The van der Waals surface area contributed by atoms with Crippen LogP contribution in [0.3, 0.4) is 0 Å².